The van der Waals surface area contributed by atoms with Crippen molar-refractivity contribution < 1.29 is 0 Å². The van der Waals surface area contributed by atoms with E-state index in [0.717, 1.165) is 24.4 Å². The molecule has 0 radical (unpaired) electrons. The summed E-state index contributed by atoms with van der Waals surface area (Å²) in [4.78, 5) is 0. The molecule has 1 aliphatic rings. The third kappa shape index (κ3) is 2.65. The number of nitrogens with zero attached hydrogens (tertiary/aromatic N) is 2. The van der Waals surface area contributed by atoms with Gasteiger partial charge < -0.3 is 11.1 Å². The van der Waals surface area contributed by atoms with Crippen LogP contribution in [-0.4, -0.2) is 22.3 Å². The fraction of sp³-hybridized carbons (Fsp3) is 0.636. The molecule has 0 saturated heterocycles. The summed E-state index contributed by atoms with van der Waals surface area (Å²) < 4.78 is 0. The highest BCUT2D eigenvalue weighted by molar-refractivity contribution is 5.34. The molecule has 1 aromatic rings. The third-order valence-corrected chi connectivity index (χ3v) is 2.95. The van der Waals surface area contributed by atoms with Crippen LogP contribution >= 0.6 is 0 Å². The highest BCUT2D eigenvalue weighted by Gasteiger charge is 2.21. The lowest BCUT2D eigenvalue weighted by molar-refractivity contribution is 0.403. The van der Waals surface area contributed by atoms with Gasteiger partial charge in [-0.3, -0.25) is 0 Å². The van der Waals surface area contributed by atoms with Gasteiger partial charge in [-0.15, -0.1) is 5.10 Å². The van der Waals surface area contributed by atoms with Crippen LogP contribution in [0.5, 0.6) is 0 Å². The molecule has 4 nitrogen and oxygen atoms in total. The van der Waals surface area contributed by atoms with E-state index in [9.17, 15) is 0 Å². The number of hydrogen-bond acceptors (Lipinski definition) is 4. The summed E-state index contributed by atoms with van der Waals surface area (Å²) in [6.45, 7) is 1.93. The summed E-state index contributed by atoms with van der Waals surface area (Å²) in [6, 6.07) is 4.53. The molecule has 4 heteroatoms. The van der Waals surface area contributed by atoms with E-state index in [1.807, 2.05) is 19.1 Å². The molecule has 1 fully saturated rings. The molecule has 2 unspecified atom stereocenters. The lowest BCUT2D eigenvalue weighted by Gasteiger charge is -2.29. The molecule has 0 aliphatic heterocycles. The Morgan fingerprint density at radius 1 is 1.27 bits per heavy atom. The molecule has 1 heterocycles. The smallest absolute Gasteiger partial charge is 0.148 e. The van der Waals surface area contributed by atoms with Crippen molar-refractivity contribution >= 4 is 5.82 Å². The molecule has 0 aromatic carbocycles. The lowest BCUT2D eigenvalue weighted by atomic mass is 9.91. The fourth-order valence-corrected chi connectivity index (χ4v) is 2.00. The van der Waals surface area contributed by atoms with Crippen molar-refractivity contribution in [2.45, 2.75) is 44.7 Å². The van der Waals surface area contributed by atoms with E-state index < -0.39 is 0 Å². The van der Waals surface area contributed by atoms with Crippen molar-refractivity contribution in [3.63, 3.8) is 0 Å². The molecule has 1 saturated carbocycles. The maximum absolute atomic E-state index is 6.05. The van der Waals surface area contributed by atoms with E-state index in [1.54, 1.807) is 0 Å². The monoisotopic (exact) mass is 206 g/mol. The van der Waals surface area contributed by atoms with Crippen molar-refractivity contribution in [3.8, 4) is 0 Å². The highest BCUT2D eigenvalue weighted by Crippen LogP contribution is 2.19. The molecule has 0 bridgehead atoms. The summed E-state index contributed by atoms with van der Waals surface area (Å²) in [7, 11) is 0. The molecule has 1 aliphatic carbocycles. The molecule has 1 aromatic heterocycles. The average molecular weight is 206 g/mol. The summed E-state index contributed by atoms with van der Waals surface area (Å²) in [5, 5.41) is 11.5. The first kappa shape index (κ1) is 10.4. The number of nitrogens with two attached hydrogens (primary N) is 1. The number of nitrogens with one attached hydrogen (secondary N) is 1. The molecule has 82 valence electrons. The SMILES string of the molecule is Cc1ccc(NC2CCCCC2N)nn1. The molecule has 2 atom stereocenters. The van der Waals surface area contributed by atoms with E-state index in [-0.39, 0.29) is 6.04 Å². The van der Waals surface area contributed by atoms with Gasteiger partial charge in [0.15, 0.2) is 0 Å². The van der Waals surface area contributed by atoms with Crippen LogP contribution in [0.3, 0.4) is 0 Å². The van der Waals surface area contributed by atoms with Crippen LogP contribution < -0.4 is 11.1 Å². The predicted octanol–water partition coefficient (Wildman–Crippen LogP) is 1.47. The van der Waals surface area contributed by atoms with Crippen molar-refractivity contribution in [2.24, 2.45) is 5.73 Å². The van der Waals surface area contributed by atoms with Crippen LogP contribution in [-0.2, 0) is 0 Å². The Hall–Kier alpha value is -1.16. The van der Waals surface area contributed by atoms with Crippen molar-refractivity contribution in [3.05, 3.63) is 17.8 Å². The molecule has 2 rings (SSSR count). The zero-order valence-electron chi connectivity index (χ0n) is 9.11. The Kier molecular flexibility index (Phi) is 3.16. The highest BCUT2D eigenvalue weighted by atomic mass is 15.2. The minimum absolute atomic E-state index is 0.252. The van der Waals surface area contributed by atoms with E-state index in [0.29, 0.717) is 6.04 Å². The van der Waals surface area contributed by atoms with Gasteiger partial charge in [-0.05, 0) is 31.9 Å². The quantitative estimate of drug-likeness (QED) is 0.769. The van der Waals surface area contributed by atoms with Crippen LogP contribution in [0.2, 0.25) is 0 Å². The van der Waals surface area contributed by atoms with Crippen molar-refractivity contribution in [1.82, 2.24) is 10.2 Å². The standard InChI is InChI=1S/C11H18N4/c1-8-6-7-11(15-14-8)13-10-5-3-2-4-9(10)12/h6-7,9-10H,2-5,12H2,1H3,(H,13,15). The Bertz CT molecular complexity index is 309. The van der Waals surface area contributed by atoms with Crippen LogP contribution in [0.1, 0.15) is 31.4 Å². The van der Waals surface area contributed by atoms with Gasteiger partial charge in [-0.2, -0.15) is 5.10 Å². The third-order valence-electron chi connectivity index (χ3n) is 2.95. The molecule has 3 N–H and O–H groups in total. The normalized spacial score (nSPS) is 26.3. The summed E-state index contributed by atoms with van der Waals surface area (Å²) >= 11 is 0. The number of aromatic nitrogens is 2. The largest absolute Gasteiger partial charge is 0.364 e. The van der Waals surface area contributed by atoms with E-state index in [2.05, 4.69) is 15.5 Å². The topological polar surface area (TPSA) is 63.8 Å². The van der Waals surface area contributed by atoms with Gasteiger partial charge >= 0.3 is 0 Å². The minimum Gasteiger partial charge on any atom is -0.364 e. The second-order valence-corrected chi connectivity index (χ2v) is 4.26. The number of aryl methyl sites for hydroxylation is 1. The van der Waals surface area contributed by atoms with Crippen molar-refractivity contribution in [1.29, 1.82) is 0 Å². The minimum atomic E-state index is 0.252. The predicted molar refractivity (Wildman–Crippen MR) is 60.6 cm³/mol. The first-order valence-electron chi connectivity index (χ1n) is 5.58. The van der Waals surface area contributed by atoms with Crippen molar-refractivity contribution in [2.75, 3.05) is 5.32 Å². The first-order chi connectivity index (χ1) is 7.25. The zero-order valence-corrected chi connectivity index (χ0v) is 9.11. The molecule has 0 spiro atoms. The lowest BCUT2D eigenvalue weighted by Crippen LogP contribution is -2.42. The molecule has 0 amide bonds. The first-order valence-corrected chi connectivity index (χ1v) is 5.58. The Morgan fingerprint density at radius 2 is 2.07 bits per heavy atom. The van der Waals surface area contributed by atoms with Gasteiger partial charge in [-0.25, -0.2) is 0 Å². The summed E-state index contributed by atoms with van der Waals surface area (Å²) in [5.74, 6) is 0.836. The van der Waals surface area contributed by atoms with Crippen LogP contribution in [0.25, 0.3) is 0 Å². The second kappa shape index (κ2) is 4.57. The van der Waals surface area contributed by atoms with Crippen LogP contribution in [0.4, 0.5) is 5.82 Å². The van der Waals surface area contributed by atoms with Gasteiger partial charge in [-0.1, -0.05) is 12.8 Å². The summed E-state index contributed by atoms with van der Waals surface area (Å²) in [6.07, 6.45) is 4.75. The second-order valence-electron chi connectivity index (χ2n) is 4.26. The van der Waals surface area contributed by atoms with Crippen LogP contribution in [0, 0.1) is 6.92 Å². The summed E-state index contributed by atoms with van der Waals surface area (Å²) in [5.41, 5.74) is 6.98. The average Bonchev–Trinajstić information content (AvgIpc) is 2.25. The molecular weight excluding hydrogens is 188 g/mol. The number of hydrogen-bond donors (Lipinski definition) is 2. The van der Waals surface area contributed by atoms with Crippen LogP contribution in [0.15, 0.2) is 12.1 Å². The van der Waals surface area contributed by atoms with Gasteiger partial charge in [0.25, 0.3) is 0 Å². The molecular formula is C11H18N4. The number of anilines is 1. The van der Waals surface area contributed by atoms with Gasteiger partial charge in [0, 0.05) is 12.1 Å². The fourth-order valence-electron chi connectivity index (χ4n) is 2.00. The molecule has 15 heavy (non-hydrogen) atoms. The van der Waals surface area contributed by atoms with Gasteiger partial charge in [0.1, 0.15) is 5.82 Å². The maximum atomic E-state index is 6.05. The number of rotatable bonds is 2. The van der Waals surface area contributed by atoms with E-state index in [4.69, 9.17) is 5.73 Å². The van der Waals surface area contributed by atoms with E-state index >= 15 is 0 Å². The Balaban J connectivity index is 1.98. The zero-order chi connectivity index (χ0) is 10.7. The van der Waals surface area contributed by atoms with Gasteiger partial charge in [0.2, 0.25) is 0 Å². The van der Waals surface area contributed by atoms with E-state index in [1.165, 1.54) is 12.8 Å². The Labute approximate surface area is 90.3 Å². The van der Waals surface area contributed by atoms with Gasteiger partial charge in [0.05, 0.1) is 5.69 Å². The Morgan fingerprint density at radius 3 is 2.73 bits per heavy atom. The maximum Gasteiger partial charge on any atom is 0.148 e.